The predicted molar refractivity (Wildman–Crippen MR) is 73.8 cm³/mol. The Balaban J connectivity index is 2.33. The molecule has 0 radical (unpaired) electrons. The van der Waals surface area contributed by atoms with Crippen LogP contribution >= 0.6 is 15.9 Å². The predicted octanol–water partition coefficient (Wildman–Crippen LogP) is 3.64. The average molecular weight is 311 g/mol. The lowest BCUT2D eigenvalue weighted by atomic mass is 10.1. The zero-order valence-electron chi connectivity index (χ0n) is 10.3. The number of methoxy groups -OCH3 is 1. The zero-order chi connectivity index (χ0) is 13.1. The van der Waals surface area contributed by atoms with Crippen LogP contribution in [0.15, 0.2) is 39.2 Å². The third-order valence-corrected chi connectivity index (χ3v) is 3.29. The number of furan rings is 1. The highest BCUT2D eigenvalue weighted by atomic mass is 79.9. The SMILES string of the molecule is COc1ccc(Br)c(-c2ccc(CC(C)O)o2)c1. The molecule has 1 atom stereocenters. The third-order valence-electron chi connectivity index (χ3n) is 2.60. The normalized spacial score (nSPS) is 12.4. The van der Waals surface area contributed by atoms with Gasteiger partial charge in [0.2, 0.25) is 0 Å². The first-order valence-electron chi connectivity index (χ1n) is 5.71. The van der Waals surface area contributed by atoms with Crippen LogP contribution in [0.5, 0.6) is 5.75 Å². The summed E-state index contributed by atoms with van der Waals surface area (Å²) in [4.78, 5) is 0. The number of ether oxygens (including phenoxy) is 1. The second kappa shape index (κ2) is 5.59. The standard InChI is InChI=1S/C14H15BrO3/c1-9(16)7-11-4-6-14(18-11)12-8-10(17-2)3-5-13(12)15/h3-6,8-9,16H,7H2,1-2H3. The monoisotopic (exact) mass is 310 g/mol. The Morgan fingerprint density at radius 1 is 1.33 bits per heavy atom. The number of rotatable bonds is 4. The molecule has 0 aliphatic carbocycles. The van der Waals surface area contributed by atoms with Gasteiger partial charge in [0.25, 0.3) is 0 Å². The minimum absolute atomic E-state index is 0.405. The van der Waals surface area contributed by atoms with Crippen molar-refractivity contribution in [2.75, 3.05) is 7.11 Å². The highest BCUT2D eigenvalue weighted by molar-refractivity contribution is 9.10. The largest absolute Gasteiger partial charge is 0.497 e. The summed E-state index contributed by atoms with van der Waals surface area (Å²) in [6.45, 7) is 1.74. The van der Waals surface area contributed by atoms with Crippen molar-refractivity contribution in [1.29, 1.82) is 0 Å². The van der Waals surface area contributed by atoms with E-state index < -0.39 is 6.10 Å². The highest BCUT2D eigenvalue weighted by Gasteiger charge is 2.11. The molecule has 0 spiro atoms. The fourth-order valence-electron chi connectivity index (χ4n) is 1.74. The molecule has 0 aliphatic heterocycles. The maximum atomic E-state index is 9.33. The molecule has 0 aliphatic rings. The number of hydrogen-bond donors (Lipinski definition) is 1. The van der Waals surface area contributed by atoms with E-state index >= 15 is 0 Å². The molecule has 1 aromatic carbocycles. The van der Waals surface area contributed by atoms with E-state index in [0.717, 1.165) is 27.3 Å². The number of halogens is 1. The summed E-state index contributed by atoms with van der Waals surface area (Å²) in [6.07, 6.45) is 0.111. The first kappa shape index (κ1) is 13.2. The van der Waals surface area contributed by atoms with Gasteiger partial charge in [-0.1, -0.05) is 15.9 Å². The molecule has 0 saturated heterocycles. The second-order valence-electron chi connectivity index (χ2n) is 4.16. The van der Waals surface area contributed by atoms with Crippen LogP contribution in [0, 0.1) is 0 Å². The Labute approximate surface area is 115 Å². The summed E-state index contributed by atoms with van der Waals surface area (Å²) < 4.78 is 11.9. The van der Waals surface area contributed by atoms with E-state index in [1.165, 1.54) is 0 Å². The van der Waals surface area contributed by atoms with Crippen LogP contribution in [0.2, 0.25) is 0 Å². The summed E-state index contributed by atoms with van der Waals surface area (Å²) in [6, 6.07) is 9.50. The summed E-state index contributed by atoms with van der Waals surface area (Å²) in [5, 5.41) is 9.33. The molecule has 18 heavy (non-hydrogen) atoms. The van der Waals surface area contributed by atoms with E-state index in [9.17, 15) is 5.11 Å². The van der Waals surface area contributed by atoms with Gasteiger partial charge in [-0.05, 0) is 37.3 Å². The van der Waals surface area contributed by atoms with Crippen LogP contribution in [0.3, 0.4) is 0 Å². The Morgan fingerprint density at radius 3 is 2.78 bits per heavy atom. The van der Waals surface area contributed by atoms with Gasteiger partial charge < -0.3 is 14.3 Å². The van der Waals surface area contributed by atoms with Crippen LogP contribution in [-0.4, -0.2) is 18.3 Å². The number of hydrogen-bond acceptors (Lipinski definition) is 3. The average Bonchev–Trinajstić information content (AvgIpc) is 2.77. The van der Waals surface area contributed by atoms with E-state index in [1.54, 1.807) is 14.0 Å². The maximum Gasteiger partial charge on any atom is 0.135 e. The van der Waals surface area contributed by atoms with Gasteiger partial charge in [-0.2, -0.15) is 0 Å². The Kier molecular flexibility index (Phi) is 4.09. The Bertz CT molecular complexity index is 532. The summed E-state index contributed by atoms with van der Waals surface area (Å²) in [5.74, 6) is 2.31. The van der Waals surface area contributed by atoms with Gasteiger partial charge in [0, 0.05) is 16.5 Å². The number of aliphatic hydroxyl groups is 1. The Morgan fingerprint density at radius 2 is 2.11 bits per heavy atom. The number of benzene rings is 1. The van der Waals surface area contributed by atoms with Gasteiger partial charge in [0.05, 0.1) is 13.2 Å². The molecule has 0 bridgehead atoms. The molecule has 1 N–H and O–H groups in total. The highest BCUT2D eigenvalue weighted by Crippen LogP contribution is 2.33. The fraction of sp³-hybridized carbons (Fsp3) is 0.286. The molecule has 4 heteroatoms. The van der Waals surface area contributed by atoms with Crippen LogP contribution in [-0.2, 0) is 6.42 Å². The van der Waals surface area contributed by atoms with E-state index in [0.29, 0.717) is 6.42 Å². The zero-order valence-corrected chi connectivity index (χ0v) is 11.9. The quantitative estimate of drug-likeness (QED) is 0.937. The molecular weight excluding hydrogens is 296 g/mol. The second-order valence-corrected chi connectivity index (χ2v) is 5.02. The van der Waals surface area contributed by atoms with Crippen molar-refractivity contribution in [3.63, 3.8) is 0 Å². The minimum Gasteiger partial charge on any atom is -0.497 e. The van der Waals surface area contributed by atoms with Crippen molar-refractivity contribution < 1.29 is 14.3 Å². The van der Waals surface area contributed by atoms with E-state index in [4.69, 9.17) is 9.15 Å². The van der Waals surface area contributed by atoms with Gasteiger partial charge in [0.15, 0.2) is 0 Å². The van der Waals surface area contributed by atoms with Crippen LogP contribution in [0.4, 0.5) is 0 Å². The summed E-state index contributed by atoms with van der Waals surface area (Å²) >= 11 is 3.49. The van der Waals surface area contributed by atoms with Crippen molar-refractivity contribution in [2.24, 2.45) is 0 Å². The molecule has 1 aromatic heterocycles. The van der Waals surface area contributed by atoms with Gasteiger partial charge in [-0.25, -0.2) is 0 Å². The minimum atomic E-state index is -0.405. The molecule has 96 valence electrons. The molecule has 2 aromatic rings. The molecule has 1 unspecified atom stereocenters. The third kappa shape index (κ3) is 2.94. The van der Waals surface area contributed by atoms with Crippen molar-refractivity contribution in [3.05, 3.63) is 40.6 Å². The Hall–Kier alpha value is -1.26. The molecular formula is C14H15BrO3. The molecule has 0 fully saturated rings. The van der Waals surface area contributed by atoms with Crippen molar-refractivity contribution in [3.8, 4) is 17.1 Å². The topological polar surface area (TPSA) is 42.6 Å². The fourth-order valence-corrected chi connectivity index (χ4v) is 2.19. The summed E-state index contributed by atoms with van der Waals surface area (Å²) in [5.41, 5.74) is 0.936. The van der Waals surface area contributed by atoms with Crippen molar-refractivity contribution in [1.82, 2.24) is 0 Å². The van der Waals surface area contributed by atoms with E-state index in [1.807, 2.05) is 30.3 Å². The lowest BCUT2D eigenvalue weighted by Gasteiger charge is -2.05. The van der Waals surface area contributed by atoms with Gasteiger partial charge in [0.1, 0.15) is 17.3 Å². The van der Waals surface area contributed by atoms with Gasteiger partial charge >= 0.3 is 0 Å². The molecule has 0 saturated carbocycles. The molecule has 0 amide bonds. The van der Waals surface area contributed by atoms with Gasteiger partial charge in [-0.3, -0.25) is 0 Å². The molecule has 1 heterocycles. The first-order valence-corrected chi connectivity index (χ1v) is 6.50. The smallest absolute Gasteiger partial charge is 0.135 e. The maximum absolute atomic E-state index is 9.33. The van der Waals surface area contributed by atoms with E-state index in [2.05, 4.69) is 15.9 Å². The van der Waals surface area contributed by atoms with Crippen LogP contribution in [0.1, 0.15) is 12.7 Å². The van der Waals surface area contributed by atoms with Crippen molar-refractivity contribution >= 4 is 15.9 Å². The van der Waals surface area contributed by atoms with Crippen molar-refractivity contribution in [2.45, 2.75) is 19.4 Å². The van der Waals surface area contributed by atoms with E-state index in [-0.39, 0.29) is 0 Å². The van der Waals surface area contributed by atoms with Crippen LogP contribution in [0.25, 0.3) is 11.3 Å². The number of aliphatic hydroxyl groups excluding tert-OH is 1. The first-order chi connectivity index (χ1) is 8.60. The lowest BCUT2D eigenvalue weighted by molar-refractivity contribution is 0.187. The van der Waals surface area contributed by atoms with Gasteiger partial charge in [-0.15, -0.1) is 0 Å². The molecule has 2 rings (SSSR count). The van der Waals surface area contributed by atoms with Crippen LogP contribution < -0.4 is 4.74 Å². The molecule has 3 nitrogen and oxygen atoms in total. The summed E-state index contributed by atoms with van der Waals surface area (Å²) in [7, 11) is 1.63. The lowest BCUT2D eigenvalue weighted by Crippen LogP contribution is -2.02.